The van der Waals surface area contributed by atoms with Crippen LogP contribution >= 0.6 is 11.3 Å². The first-order valence-corrected chi connectivity index (χ1v) is 7.23. The van der Waals surface area contributed by atoms with Crippen molar-refractivity contribution < 1.29 is 0 Å². The summed E-state index contributed by atoms with van der Waals surface area (Å²) in [4.78, 5) is 3.07. The molecule has 2 heteroatoms. The Labute approximate surface area is 104 Å². The van der Waals surface area contributed by atoms with Gasteiger partial charge in [-0.25, -0.2) is 0 Å². The minimum atomic E-state index is 0.672. The summed E-state index contributed by atoms with van der Waals surface area (Å²) in [6.45, 7) is 6.81. The highest BCUT2D eigenvalue weighted by Crippen LogP contribution is 2.20. The lowest BCUT2D eigenvalue weighted by Crippen LogP contribution is -2.30. The summed E-state index contributed by atoms with van der Waals surface area (Å²) in [5.41, 5.74) is 0. The van der Waals surface area contributed by atoms with Crippen LogP contribution < -0.4 is 5.32 Å². The third kappa shape index (κ3) is 4.26. The normalized spacial score (nSPS) is 13.3. The highest BCUT2D eigenvalue weighted by atomic mass is 32.1. The van der Waals surface area contributed by atoms with Gasteiger partial charge in [0.05, 0.1) is 0 Å². The van der Waals surface area contributed by atoms with Gasteiger partial charge in [-0.15, -0.1) is 11.3 Å². The van der Waals surface area contributed by atoms with Gasteiger partial charge in [-0.2, -0.15) is 0 Å². The highest BCUT2D eigenvalue weighted by Gasteiger charge is 2.10. The van der Waals surface area contributed by atoms with Crippen LogP contribution in [-0.2, 0) is 12.8 Å². The quantitative estimate of drug-likeness (QED) is 0.761. The molecule has 1 unspecified atom stereocenters. The van der Waals surface area contributed by atoms with Gasteiger partial charge in [0.2, 0.25) is 0 Å². The van der Waals surface area contributed by atoms with E-state index < -0.39 is 0 Å². The second kappa shape index (κ2) is 7.08. The molecule has 0 radical (unpaired) electrons. The maximum absolute atomic E-state index is 3.41. The highest BCUT2D eigenvalue weighted by molar-refractivity contribution is 7.11. The molecule has 0 saturated carbocycles. The van der Waals surface area contributed by atoms with E-state index in [9.17, 15) is 0 Å². The molecule has 0 aliphatic carbocycles. The van der Waals surface area contributed by atoms with E-state index in [1.54, 1.807) is 4.88 Å². The van der Waals surface area contributed by atoms with Crippen molar-refractivity contribution in [2.24, 2.45) is 5.92 Å². The van der Waals surface area contributed by atoms with Crippen LogP contribution in [-0.4, -0.2) is 13.1 Å². The van der Waals surface area contributed by atoms with Crippen molar-refractivity contribution in [2.75, 3.05) is 7.05 Å². The Morgan fingerprint density at radius 1 is 1.25 bits per heavy atom. The zero-order chi connectivity index (χ0) is 12.0. The van der Waals surface area contributed by atoms with Crippen molar-refractivity contribution in [3.05, 3.63) is 21.9 Å². The molecule has 1 aromatic heterocycles. The lowest BCUT2D eigenvalue weighted by atomic mass is 9.98. The van der Waals surface area contributed by atoms with Crippen LogP contribution in [0.1, 0.15) is 43.4 Å². The Morgan fingerprint density at radius 3 is 2.44 bits per heavy atom. The average Bonchev–Trinajstić information content (AvgIpc) is 2.71. The Balaban J connectivity index is 2.29. The van der Waals surface area contributed by atoms with E-state index in [0.29, 0.717) is 6.04 Å². The van der Waals surface area contributed by atoms with E-state index in [0.717, 1.165) is 5.92 Å². The van der Waals surface area contributed by atoms with Gasteiger partial charge in [0.15, 0.2) is 0 Å². The molecule has 0 spiro atoms. The van der Waals surface area contributed by atoms with Gasteiger partial charge < -0.3 is 5.32 Å². The summed E-state index contributed by atoms with van der Waals surface area (Å²) >= 11 is 1.98. The predicted molar refractivity (Wildman–Crippen MR) is 74.3 cm³/mol. The number of hydrogen-bond donors (Lipinski definition) is 1. The second-order valence-corrected chi connectivity index (χ2v) is 6.01. The average molecular weight is 239 g/mol. The van der Waals surface area contributed by atoms with Crippen LogP contribution in [0.2, 0.25) is 0 Å². The fourth-order valence-electron chi connectivity index (χ4n) is 2.05. The van der Waals surface area contributed by atoms with Gasteiger partial charge in [0, 0.05) is 15.8 Å². The summed E-state index contributed by atoms with van der Waals surface area (Å²) in [5.74, 6) is 0.736. The minimum absolute atomic E-state index is 0.672. The first-order valence-electron chi connectivity index (χ1n) is 6.42. The van der Waals surface area contributed by atoms with Gasteiger partial charge in [0.1, 0.15) is 0 Å². The molecule has 16 heavy (non-hydrogen) atoms. The molecular weight excluding hydrogens is 214 g/mol. The van der Waals surface area contributed by atoms with E-state index in [2.05, 4.69) is 45.3 Å². The maximum Gasteiger partial charge on any atom is 0.00871 e. The third-order valence-corrected chi connectivity index (χ3v) is 4.47. The molecule has 0 bridgehead atoms. The molecule has 1 heterocycles. The lowest BCUT2D eigenvalue weighted by molar-refractivity contribution is 0.394. The van der Waals surface area contributed by atoms with Gasteiger partial charge in [-0.1, -0.05) is 20.8 Å². The van der Waals surface area contributed by atoms with E-state index in [1.807, 2.05) is 11.3 Å². The van der Waals surface area contributed by atoms with Crippen LogP contribution in [0.3, 0.4) is 0 Å². The summed E-state index contributed by atoms with van der Waals surface area (Å²) in [5, 5.41) is 3.41. The van der Waals surface area contributed by atoms with Gasteiger partial charge >= 0.3 is 0 Å². The fourth-order valence-corrected chi connectivity index (χ4v) is 3.05. The lowest BCUT2D eigenvalue weighted by Gasteiger charge is -2.19. The van der Waals surface area contributed by atoms with E-state index in [4.69, 9.17) is 0 Å². The third-order valence-electron chi connectivity index (χ3n) is 3.18. The molecule has 1 atom stereocenters. The molecule has 0 aliphatic heterocycles. The van der Waals surface area contributed by atoms with E-state index in [-0.39, 0.29) is 0 Å². The number of rotatable bonds is 7. The van der Waals surface area contributed by atoms with Gasteiger partial charge in [-0.05, 0) is 50.8 Å². The number of thiophene rings is 1. The molecule has 1 aromatic rings. The largest absolute Gasteiger partial charge is 0.317 e. The van der Waals surface area contributed by atoms with Crippen LogP contribution in [0.25, 0.3) is 0 Å². The van der Waals surface area contributed by atoms with Crippen molar-refractivity contribution in [1.82, 2.24) is 5.32 Å². The Kier molecular flexibility index (Phi) is 6.07. The molecule has 1 nitrogen and oxygen atoms in total. The van der Waals surface area contributed by atoms with Crippen LogP contribution in [0, 0.1) is 5.92 Å². The minimum Gasteiger partial charge on any atom is -0.317 e. The van der Waals surface area contributed by atoms with Crippen LogP contribution in [0.15, 0.2) is 12.1 Å². The molecule has 1 rings (SSSR count). The van der Waals surface area contributed by atoms with Crippen molar-refractivity contribution in [3.8, 4) is 0 Å². The van der Waals surface area contributed by atoms with Crippen molar-refractivity contribution in [2.45, 2.75) is 52.5 Å². The topological polar surface area (TPSA) is 12.0 Å². The molecule has 0 aliphatic rings. The molecule has 92 valence electrons. The molecule has 0 amide bonds. The number of hydrogen-bond acceptors (Lipinski definition) is 2. The molecule has 0 saturated heterocycles. The zero-order valence-corrected chi connectivity index (χ0v) is 11.9. The molecule has 1 N–H and O–H groups in total. The van der Waals surface area contributed by atoms with Gasteiger partial charge in [0.25, 0.3) is 0 Å². The van der Waals surface area contributed by atoms with Crippen molar-refractivity contribution >= 4 is 11.3 Å². The molecular formula is C14H25NS. The van der Waals surface area contributed by atoms with Crippen LogP contribution in [0.5, 0.6) is 0 Å². The summed E-state index contributed by atoms with van der Waals surface area (Å²) in [7, 11) is 2.07. The second-order valence-electron chi connectivity index (χ2n) is 4.75. The Morgan fingerprint density at radius 2 is 1.94 bits per heavy atom. The summed E-state index contributed by atoms with van der Waals surface area (Å²) in [6.07, 6.45) is 5.01. The van der Waals surface area contributed by atoms with Crippen molar-refractivity contribution in [1.29, 1.82) is 0 Å². The monoisotopic (exact) mass is 239 g/mol. The van der Waals surface area contributed by atoms with Crippen LogP contribution in [0.4, 0.5) is 0 Å². The standard InChI is InChI=1S/C14H25NS/c1-5-12-9-10-13(16-12)7-6-8-14(15-4)11(2)3/h9-11,14-15H,5-8H2,1-4H3. The van der Waals surface area contributed by atoms with Gasteiger partial charge in [-0.3, -0.25) is 0 Å². The summed E-state index contributed by atoms with van der Waals surface area (Å²) in [6, 6.07) is 5.25. The van der Waals surface area contributed by atoms with Crippen molar-refractivity contribution in [3.63, 3.8) is 0 Å². The van der Waals surface area contributed by atoms with E-state index >= 15 is 0 Å². The Bertz CT molecular complexity index is 291. The molecule has 0 fully saturated rings. The first kappa shape index (κ1) is 13.7. The summed E-state index contributed by atoms with van der Waals surface area (Å²) < 4.78 is 0. The zero-order valence-electron chi connectivity index (χ0n) is 11.0. The number of aryl methyl sites for hydroxylation is 2. The first-order chi connectivity index (χ1) is 7.67. The van der Waals surface area contributed by atoms with E-state index in [1.165, 1.54) is 30.6 Å². The predicted octanol–water partition coefficient (Wildman–Crippen LogP) is 3.88. The Hall–Kier alpha value is -0.340. The molecule has 0 aromatic carbocycles. The number of nitrogens with one attached hydrogen (secondary N) is 1. The SMILES string of the molecule is CCc1ccc(CCCC(NC)C(C)C)s1. The smallest absolute Gasteiger partial charge is 0.00871 e. The maximum atomic E-state index is 3.41. The fraction of sp³-hybridized carbons (Fsp3) is 0.714.